The fraction of sp³-hybridized carbons (Fsp3) is 0.286. The summed E-state index contributed by atoms with van der Waals surface area (Å²) < 4.78 is 0. The standard InChI is InChI=1S/C14H13NO3/c1-3-10-7-13(17)15(8-10)12-6-4-5-11(9(2)16)14(12)18/h1,4-6,10,18H,7-8H2,2H3. The monoisotopic (exact) mass is 243 g/mol. The number of phenols is 1. The fourth-order valence-corrected chi connectivity index (χ4v) is 2.09. The number of hydrogen-bond donors (Lipinski definition) is 1. The van der Waals surface area contributed by atoms with Gasteiger partial charge in [0.15, 0.2) is 5.78 Å². The Hall–Kier alpha value is -2.28. The van der Waals surface area contributed by atoms with Crippen molar-refractivity contribution < 1.29 is 14.7 Å². The Labute approximate surface area is 105 Å². The highest BCUT2D eigenvalue weighted by Crippen LogP contribution is 2.34. The van der Waals surface area contributed by atoms with E-state index in [1.165, 1.54) is 17.9 Å². The van der Waals surface area contributed by atoms with Gasteiger partial charge in [0.2, 0.25) is 5.91 Å². The van der Waals surface area contributed by atoms with Gasteiger partial charge < -0.3 is 10.0 Å². The first-order valence-corrected chi connectivity index (χ1v) is 5.64. The van der Waals surface area contributed by atoms with Gasteiger partial charge in [-0.05, 0) is 19.1 Å². The lowest BCUT2D eigenvalue weighted by atomic mass is 10.1. The third kappa shape index (κ3) is 1.95. The summed E-state index contributed by atoms with van der Waals surface area (Å²) in [6, 6.07) is 4.78. The molecule has 0 aromatic heterocycles. The molecule has 4 nitrogen and oxygen atoms in total. The van der Waals surface area contributed by atoms with E-state index < -0.39 is 0 Å². The molecule has 1 atom stereocenters. The van der Waals surface area contributed by atoms with Crippen molar-refractivity contribution in [3.8, 4) is 18.1 Å². The first kappa shape index (κ1) is 12.2. The van der Waals surface area contributed by atoms with Crippen LogP contribution in [0, 0.1) is 18.3 Å². The molecular weight excluding hydrogens is 230 g/mol. The molecule has 0 aliphatic carbocycles. The Kier molecular flexibility index (Phi) is 3.07. The smallest absolute Gasteiger partial charge is 0.228 e. The normalized spacial score (nSPS) is 18.8. The number of hydrogen-bond acceptors (Lipinski definition) is 3. The molecular formula is C14H13NO3. The van der Waals surface area contributed by atoms with Crippen molar-refractivity contribution in [2.45, 2.75) is 13.3 Å². The minimum atomic E-state index is -0.241. The molecule has 18 heavy (non-hydrogen) atoms. The van der Waals surface area contributed by atoms with Crippen molar-refractivity contribution in [2.75, 3.05) is 11.4 Å². The summed E-state index contributed by atoms with van der Waals surface area (Å²) in [4.78, 5) is 24.6. The van der Waals surface area contributed by atoms with E-state index in [-0.39, 0.29) is 35.3 Å². The van der Waals surface area contributed by atoms with Crippen molar-refractivity contribution in [2.24, 2.45) is 5.92 Å². The second kappa shape index (κ2) is 4.53. The maximum Gasteiger partial charge on any atom is 0.228 e. The zero-order valence-electron chi connectivity index (χ0n) is 10.0. The highest BCUT2D eigenvalue weighted by atomic mass is 16.3. The van der Waals surface area contributed by atoms with Gasteiger partial charge in [0, 0.05) is 18.9 Å². The predicted octanol–water partition coefficient (Wildman–Crippen LogP) is 1.58. The Morgan fingerprint density at radius 1 is 1.56 bits per heavy atom. The van der Waals surface area contributed by atoms with Crippen molar-refractivity contribution in [1.29, 1.82) is 0 Å². The maximum atomic E-state index is 11.8. The van der Waals surface area contributed by atoms with E-state index in [0.29, 0.717) is 12.2 Å². The van der Waals surface area contributed by atoms with Gasteiger partial charge in [-0.15, -0.1) is 12.3 Å². The summed E-state index contributed by atoms with van der Waals surface area (Å²) in [6.45, 7) is 1.75. The molecule has 1 saturated heterocycles. The molecule has 1 aromatic rings. The highest BCUT2D eigenvalue weighted by molar-refractivity contribution is 6.02. The molecule has 1 amide bonds. The molecule has 92 valence electrons. The molecule has 0 radical (unpaired) electrons. The number of carbonyl (C=O) groups is 2. The van der Waals surface area contributed by atoms with Crippen LogP contribution < -0.4 is 4.90 Å². The zero-order chi connectivity index (χ0) is 13.3. The van der Waals surface area contributed by atoms with E-state index in [1.807, 2.05) is 0 Å². The zero-order valence-corrected chi connectivity index (χ0v) is 10.0. The van der Waals surface area contributed by atoms with E-state index in [9.17, 15) is 14.7 Å². The van der Waals surface area contributed by atoms with Crippen LogP contribution in [-0.4, -0.2) is 23.3 Å². The average molecular weight is 243 g/mol. The molecule has 1 aromatic carbocycles. The number of rotatable bonds is 2. The number of nitrogens with zero attached hydrogens (tertiary/aromatic N) is 1. The number of anilines is 1. The summed E-state index contributed by atoms with van der Waals surface area (Å²) in [5.74, 6) is 1.87. The number of Topliss-reactive ketones (excluding diaryl/α,β-unsaturated/α-hetero) is 1. The van der Waals surface area contributed by atoms with Crippen LogP contribution in [0.15, 0.2) is 18.2 Å². The number of para-hydroxylation sites is 1. The number of amides is 1. The van der Waals surface area contributed by atoms with Crippen LogP contribution in [0.2, 0.25) is 0 Å². The van der Waals surface area contributed by atoms with Crippen LogP contribution in [0.5, 0.6) is 5.75 Å². The number of aromatic hydroxyl groups is 1. The third-order valence-electron chi connectivity index (χ3n) is 3.05. The third-order valence-corrected chi connectivity index (χ3v) is 3.05. The molecule has 0 saturated carbocycles. The van der Waals surface area contributed by atoms with Crippen LogP contribution in [0.3, 0.4) is 0 Å². The van der Waals surface area contributed by atoms with Gasteiger partial charge in [0.1, 0.15) is 5.75 Å². The molecule has 1 fully saturated rings. The number of benzene rings is 1. The van der Waals surface area contributed by atoms with Gasteiger partial charge in [-0.3, -0.25) is 9.59 Å². The number of ketones is 1. The van der Waals surface area contributed by atoms with Crippen LogP contribution in [0.4, 0.5) is 5.69 Å². The topological polar surface area (TPSA) is 57.6 Å². The molecule has 0 bridgehead atoms. The highest BCUT2D eigenvalue weighted by Gasteiger charge is 2.31. The number of phenolic OH excluding ortho intramolecular Hbond substituents is 1. The van der Waals surface area contributed by atoms with Crippen LogP contribution >= 0.6 is 0 Å². The minimum Gasteiger partial charge on any atom is -0.505 e. The summed E-state index contributed by atoms with van der Waals surface area (Å²) in [5, 5.41) is 10.0. The molecule has 1 unspecified atom stereocenters. The molecule has 4 heteroatoms. The van der Waals surface area contributed by atoms with E-state index in [2.05, 4.69) is 5.92 Å². The second-order valence-corrected chi connectivity index (χ2v) is 4.30. The van der Waals surface area contributed by atoms with Crippen molar-refractivity contribution in [1.82, 2.24) is 0 Å². The molecule has 0 spiro atoms. The first-order valence-electron chi connectivity index (χ1n) is 5.64. The molecule has 1 N–H and O–H groups in total. The Bertz CT molecular complexity index is 557. The van der Waals surface area contributed by atoms with E-state index in [1.54, 1.807) is 12.1 Å². The van der Waals surface area contributed by atoms with Gasteiger partial charge in [-0.2, -0.15) is 0 Å². The van der Waals surface area contributed by atoms with Gasteiger partial charge >= 0.3 is 0 Å². The summed E-state index contributed by atoms with van der Waals surface area (Å²) >= 11 is 0. The van der Waals surface area contributed by atoms with Crippen LogP contribution in [0.25, 0.3) is 0 Å². The lowest BCUT2D eigenvalue weighted by Crippen LogP contribution is -2.24. The summed E-state index contributed by atoms with van der Waals surface area (Å²) in [5.41, 5.74) is 0.565. The molecule has 2 rings (SSSR count). The van der Waals surface area contributed by atoms with Crippen molar-refractivity contribution in [3.05, 3.63) is 23.8 Å². The van der Waals surface area contributed by atoms with E-state index >= 15 is 0 Å². The van der Waals surface area contributed by atoms with Crippen LogP contribution in [-0.2, 0) is 4.79 Å². The Morgan fingerprint density at radius 3 is 2.83 bits per heavy atom. The molecule has 1 heterocycles. The summed E-state index contributed by atoms with van der Waals surface area (Å²) in [6.07, 6.45) is 5.59. The maximum absolute atomic E-state index is 11.8. The lowest BCUT2D eigenvalue weighted by molar-refractivity contribution is -0.117. The quantitative estimate of drug-likeness (QED) is 0.633. The minimum absolute atomic E-state index is 0.131. The van der Waals surface area contributed by atoms with Crippen LogP contribution in [0.1, 0.15) is 23.7 Å². The average Bonchev–Trinajstić information content (AvgIpc) is 2.70. The first-order chi connectivity index (χ1) is 8.54. The van der Waals surface area contributed by atoms with Gasteiger partial charge in [-0.1, -0.05) is 6.07 Å². The summed E-state index contributed by atoms with van der Waals surface area (Å²) in [7, 11) is 0. The lowest BCUT2D eigenvalue weighted by Gasteiger charge is -2.18. The second-order valence-electron chi connectivity index (χ2n) is 4.30. The Morgan fingerprint density at radius 2 is 2.28 bits per heavy atom. The number of carbonyl (C=O) groups excluding carboxylic acids is 2. The predicted molar refractivity (Wildman–Crippen MR) is 67.4 cm³/mol. The van der Waals surface area contributed by atoms with Crippen molar-refractivity contribution in [3.63, 3.8) is 0 Å². The largest absolute Gasteiger partial charge is 0.505 e. The SMILES string of the molecule is C#CC1CC(=O)N(c2cccc(C(C)=O)c2O)C1. The van der Waals surface area contributed by atoms with Crippen molar-refractivity contribution >= 4 is 17.4 Å². The van der Waals surface area contributed by atoms with Gasteiger partial charge in [-0.25, -0.2) is 0 Å². The van der Waals surface area contributed by atoms with E-state index in [0.717, 1.165) is 0 Å². The van der Waals surface area contributed by atoms with Gasteiger partial charge in [0.25, 0.3) is 0 Å². The Balaban J connectivity index is 2.41. The van der Waals surface area contributed by atoms with E-state index in [4.69, 9.17) is 6.42 Å². The number of terminal acetylenes is 1. The molecule has 1 aliphatic rings. The fourth-order valence-electron chi connectivity index (χ4n) is 2.09. The van der Waals surface area contributed by atoms with Gasteiger partial charge in [0.05, 0.1) is 11.3 Å². The molecule has 1 aliphatic heterocycles.